The fourth-order valence-electron chi connectivity index (χ4n) is 2.65. The Hall–Kier alpha value is -1.68. The lowest BCUT2D eigenvalue weighted by atomic mass is 9.93. The minimum Gasteiger partial charge on any atom is -0.386 e. The first-order valence-corrected chi connectivity index (χ1v) is 7.29. The summed E-state index contributed by atoms with van der Waals surface area (Å²) in [5.41, 5.74) is 4.69. The van der Waals surface area contributed by atoms with E-state index >= 15 is 0 Å². The Morgan fingerprint density at radius 2 is 1.45 bits per heavy atom. The van der Waals surface area contributed by atoms with Crippen molar-refractivity contribution in [2.75, 3.05) is 0 Å². The number of esters is 2. The Labute approximate surface area is 123 Å². The number of allylic oxidation sites excluding steroid dienone is 2. The number of ether oxygens (including phenoxy) is 1. The number of hydrogen-bond acceptors (Lipinski definition) is 4. The van der Waals surface area contributed by atoms with Crippen LogP contribution < -0.4 is 0 Å². The van der Waals surface area contributed by atoms with Gasteiger partial charge in [-0.3, -0.25) is 0 Å². The molecule has 0 radical (unpaired) electrons. The molecule has 2 rings (SSSR count). The van der Waals surface area contributed by atoms with E-state index in [0.717, 1.165) is 27.2 Å². The van der Waals surface area contributed by atoms with E-state index in [9.17, 15) is 9.59 Å². The average molecular weight is 290 g/mol. The molecule has 1 aromatic rings. The van der Waals surface area contributed by atoms with Gasteiger partial charge in [0.15, 0.2) is 0 Å². The molecule has 106 valence electrons. The largest absolute Gasteiger partial charge is 0.386 e. The van der Waals surface area contributed by atoms with Gasteiger partial charge in [0.05, 0.1) is 11.1 Å². The van der Waals surface area contributed by atoms with Gasteiger partial charge < -0.3 is 4.74 Å². The van der Waals surface area contributed by atoms with E-state index < -0.39 is 11.9 Å². The Morgan fingerprint density at radius 3 is 1.90 bits per heavy atom. The normalized spacial score (nSPS) is 17.6. The van der Waals surface area contributed by atoms with Gasteiger partial charge in [0.1, 0.15) is 0 Å². The van der Waals surface area contributed by atoms with E-state index in [0.29, 0.717) is 11.1 Å². The number of carbonyl (C=O) groups excluding carboxylic acids is 2. The van der Waals surface area contributed by atoms with Gasteiger partial charge in [0.2, 0.25) is 0 Å². The number of rotatable bonds is 1. The fourth-order valence-corrected chi connectivity index (χ4v) is 3.78. The van der Waals surface area contributed by atoms with Crippen LogP contribution in [0.5, 0.6) is 0 Å². The molecule has 0 atom stereocenters. The third-order valence-corrected chi connectivity index (χ3v) is 4.78. The summed E-state index contributed by atoms with van der Waals surface area (Å²) in [6.45, 7) is 11.7. The van der Waals surface area contributed by atoms with Crippen molar-refractivity contribution in [3.8, 4) is 0 Å². The Bertz CT molecular complexity index is 683. The highest BCUT2D eigenvalue weighted by molar-refractivity contribution is 7.12. The summed E-state index contributed by atoms with van der Waals surface area (Å²) in [5.74, 6) is -1.07. The summed E-state index contributed by atoms with van der Waals surface area (Å²) in [7, 11) is 0. The minimum absolute atomic E-state index is 0.412. The van der Waals surface area contributed by atoms with Crippen molar-refractivity contribution in [3.05, 3.63) is 37.6 Å². The van der Waals surface area contributed by atoms with Crippen LogP contribution in [0.4, 0.5) is 0 Å². The predicted octanol–water partition coefficient (Wildman–Crippen LogP) is 3.87. The van der Waals surface area contributed by atoms with Gasteiger partial charge in [-0.15, -0.1) is 11.3 Å². The molecule has 0 amide bonds. The first kappa shape index (κ1) is 14.7. The summed E-state index contributed by atoms with van der Waals surface area (Å²) < 4.78 is 4.79. The van der Waals surface area contributed by atoms with Crippen molar-refractivity contribution in [2.45, 2.75) is 41.5 Å². The zero-order chi connectivity index (χ0) is 15.2. The predicted molar refractivity (Wildman–Crippen MR) is 80.6 cm³/mol. The molecule has 0 spiro atoms. The fraction of sp³-hybridized carbons (Fsp3) is 0.375. The van der Waals surface area contributed by atoms with E-state index in [4.69, 9.17) is 4.74 Å². The van der Waals surface area contributed by atoms with Crippen LogP contribution in [0.15, 0.2) is 16.7 Å². The molecule has 3 nitrogen and oxygen atoms in total. The van der Waals surface area contributed by atoms with Crippen LogP contribution >= 0.6 is 11.3 Å². The third-order valence-electron chi connectivity index (χ3n) is 3.65. The average Bonchev–Trinajstić information content (AvgIpc) is 2.76. The summed E-state index contributed by atoms with van der Waals surface area (Å²) in [6.07, 6.45) is 0. The molecule has 0 aromatic carbocycles. The molecule has 0 bridgehead atoms. The van der Waals surface area contributed by atoms with Crippen molar-refractivity contribution < 1.29 is 14.3 Å². The molecular weight excluding hydrogens is 272 g/mol. The van der Waals surface area contributed by atoms with Crippen LogP contribution in [0.3, 0.4) is 0 Å². The molecule has 0 N–H and O–H groups in total. The highest BCUT2D eigenvalue weighted by Gasteiger charge is 2.36. The van der Waals surface area contributed by atoms with E-state index in [1.54, 1.807) is 11.3 Å². The van der Waals surface area contributed by atoms with Gasteiger partial charge >= 0.3 is 11.9 Å². The van der Waals surface area contributed by atoms with E-state index in [2.05, 4.69) is 6.92 Å². The zero-order valence-electron chi connectivity index (χ0n) is 12.6. The number of thiophene rings is 1. The molecule has 1 fully saturated rings. The molecule has 1 aliphatic heterocycles. The molecule has 2 heterocycles. The van der Waals surface area contributed by atoms with E-state index in [1.165, 1.54) is 4.88 Å². The van der Waals surface area contributed by atoms with Gasteiger partial charge in [-0.25, -0.2) is 9.59 Å². The van der Waals surface area contributed by atoms with Crippen molar-refractivity contribution in [1.82, 2.24) is 0 Å². The maximum absolute atomic E-state index is 12.0. The first-order valence-electron chi connectivity index (χ1n) is 6.47. The van der Waals surface area contributed by atoms with Crippen LogP contribution in [-0.4, -0.2) is 11.9 Å². The van der Waals surface area contributed by atoms with Crippen molar-refractivity contribution in [1.29, 1.82) is 0 Å². The molecule has 0 unspecified atom stereocenters. The summed E-state index contributed by atoms with van der Waals surface area (Å²) >= 11 is 1.71. The number of hydrogen-bond donors (Lipinski definition) is 0. The van der Waals surface area contributed by atoms with Gasteiger partial charge in [-0.05, 0) is 58.2 Å². The van der Waals surface area contributed by atoms with Gasteiger partial charge in [0, 0.05) is 9.75 Å². The van der Waals surface area contributed by atoms with Crippen LogP contribution in [-0.2, 0) is 14.3 Å². The Balaban J connectivity index is 2.76. The second-order valence-electron chi connectivity index (χ2n) is 5.27. The second kappa shape index (κ2) is 5.02. The monoisotopic (exact) mass is 290 g/mol. The number of carbonyl (C=O) groups is 2. The van der Waals surface area contributed by atoms with E-state index in [1.807, 2.05) is 34.6 Å². The lowest BCUT2D eigenvalue weighted by molar-refractivity contribution is -0.149. The molecule has 4 heteroatoms. The van der Waals surface area contributed by atoms with Crippen LogP contribution in [0.1, 0.15) is 41.7 Å². The Kier molecular flexibility index (Phi) is 3.69. The number of aryl methyl sites for hydroxylation is 2. The topological polar surface area (TPSA) is 43.4 Å². The highest BCUT2D eigenvalue weighted by Crippen LogP contribution is 2.38. The van der Waals surface area contributed by atoms with Crippen molar-refractivity contribution >= 4 is 28.8 Å². The highest BCUT2D eigenvalue weighted by atomic mass is 32.1. The quantitative estimate of drug-likeness (QED) is 0.448. The summed E-state index contributed by atoms with van der Waals surface area (Å²) in [4.78, 5) is 26.2. The van der Waals surface area contributed by atoms with Gasteiger partial charge in [-0.2, -0.15) is 0 Å². The van der Waals surface area contributed by atoms with Crippen molar-refractivity contribution in [2.24, 2.45) is 0 Å². The smallest absolute Gasteiger partial charge is 0.347 e. The van der Waals surface area contributed by atoms with Crippen LogP contribution in [0.2, 0.25) is 0 Å². The van der Waals surface area contributed by atoms with Crippen LogP contribution in [0, 0.1) is 20.8 Å². The zero-order valence-corrected chi connectivity index (χ0v) is 13.4. The standard InChI is InChI=1S/C16H18O3S/c1-7(2)12-14(16(18)19-15(12)17)9(4)13-8(3)10(5)20-11(13)6/h1-6H3. The summed E-state index contributed by atoms with van der Waals surface area (Å²) in [5, 5.41) is 0. The summed E-state index contributed by atoms with van der Waals surface area (Å²) in [6, 6.07) is 0. The lowest BCUT2D eigenvalue weighted by Crippen LogP contribution is -2.00. The number of cyclic esters (lactones) is 2. The molecule has 1 aliphatic rings. The maximum atomic E-state index is 12.0. The van der Waals surface area contributed by atoms with Gasteiger partial charge in [0.25, 0.3) is 0 Å². The van der Waals surface area contributed by atoms with Gasteiger partial charge in [-0.1, -0.05) is 5.57 Å². The SMILES string of the molecule is CC(C)=C1C(=O)OC(=O)C1=C(C)c1c(C)sc(C)c1C. The molecule has 20 heavy (non-hydrogen) atoms. The minimum atomic E-state index is -0.536. The third kappa shape index (κ3) is 2.14. The first-order chi connectivity index (χ1) is 9.25. The molecule has 0 saturated carbocycles. The lowest BCUT2D eigenvalue weighted by Gasteiger charge is -2.07. The molecule has 1 saturated heterocycles. The van der Waals surface area contributed by atoms with Crippen LogP contribution in [0.25, 0.3) is 5.57 Å². The Morgan fingerprint density at radius 1 is 0.900 bits per heavy atom. The van der Waals surface area contributed by atoms with E-state index in [-0.39, 0.29) is 0 Å². The second-order valence-corrected chi connectivity index (χ2v) is 6.70. The molecular formula is C16H18O3S. The molecule has 1 aromatic heterocycles. The molecule has 0 aliphatic carbocycles. The van der Waals surface area contributed by atoms with Crippen molar-refractivity contribution in [3.63, 3.8) is 0 Å². The maximum Gasteiger partial charge on any atom is 0.347 e.